The smallest absolute Gasteiger partial charge is 0.154 e. The van der Waals surface area contributed by atoms with Gasteiger partial charge in [-0.2, -0.15) is 0 Å². The summed E-state index contributed by atoms with van der Waals surface area (Å²) < 4.78 is 10.2. The first-order valence-electron chi connectivity index (χ1n) is 6.33. The molecule has 0 saturated carbocycles. The van der Waals surface area contributed by atoms with Gasteiger partial charge in [-0.1, -0.05) is 39.2 Å². The van der Waals surface area contributed by atoms with Crippen LogP contribution in [0.1, 0.15) is 51.9 Å². The van der Waals surface area contributed by atoms with Gasteiger partial charge < -0.3 is 14.6 Å². The molecule has 0 aromatic rings. The normalized spacial score (nSPS) is 12.4. The molecule has 1 unspecified atom stereocenters. The molecule has 0 bridgehead atoms. The standard InChI is InChI=1S/C13H26O3/c1-3-13(14)16-12-10-8-6-5-7-9-11-15-4-2/h4,13-14H,2-3,5-12H2,1H3. The first kappa shape index (κ1) is 15.5. The van der Waals surface area contributed by atoms with Crippen molar-refractivity contribution in [3.8, 4) is 0 Å². The molecule has 1 N–H and O–H groups in total. The van der Waals surface area contributed by atoms with Crippen molar-refractivity contribution in [2.24, 2.45) is 0 Å². The van der Waals surface area contributed by atoms with Crippen LogP contribution in [0.4, 0.5) is 0 Å². The van der Waals surface area contributed by atoms with Crippen LogP contribution in [0, 0.1) is 0 Å². The monoisotopic (exact) mass is 230 g/mol. The van der Waals surface area contributed by atoms with Crippen molar-refractivity contribution in [2.75, 3.05) is 13.2 Å². The number of aliphatic hydroxyl groups excluding tert-OH is 1. The molecule has 0 fully saturated rings. The minimum Gasteiger partial charge on any atom is -0.502 e. The first-order valence-corrected chi connectivity index (χ1v) is 6.33. The summed E-state index contributed by atoms with van der Waals surface area (Å²) in [7, 11) is 0. The minimum atomic E-state index is -0.573. The second-order valence-corrected chi connectivity index (χ2v) is 3.89. The van der Waals surface area contributed by atoms with Crippen molar-refractivity contribution in [3.63, 3.8) is 0 Å². The van der Waals surface area contributed by atoms with Crippen LogP contribution in [0.5, 0.6) is 0 Å². The maximum absolute atomic E-state index is 9.14. The Hall–Kier alpha value is -0.540. The van der Waals surface area contributed by atoms with E-state index in [2.05, 4.69) is 6.58 Å². The molecule has 1 atom stereocenters. The molecule has 96 valence electrons. The second-order valence-electron chi connectivity index (χ2n) is 3.89. The summed E-state index contributed by atoms with van der Waals surface area (Å²) >= 11 is 0. The summed E-state index contributed by atoms with van der Waals surface area (Å²) in [4.78, 5) is 0. The summed E-state index contributed by atoms with van der Waals surface area (Å²) in [6, 6.07) is 0. The van der Waals surface area contributed by atoms with Crippen molar-refractivity contribution in [1.82, 2.24) is 0 Å². The highest BCUT2D eigenvalue weighted by Crippen LogP contribution is 2.06. The lowest BCUT2D eigenvalue weighted by atomic mass is 10.1. The molecule has 0 aliphatic carbocycles. The lowest BCUT2D eigenvalue weighted by Crippen LogP contribution is -2.10. The predicted octanol–water partition coefficient (Wildman–Crippen LogP) is 3.23. The Morgan fingerprint density at radius 2 is 1.62 bits per heavy atom. The van der Waals surface area contributed by atoms with E-state index in [9.17, 15) is 0 Å². The van der Waals surface area contributed by atoms with Gasteiger partial charge in [0.1, 0.15) is 0 Å². The Balaban J connectivity index is 2.96. The van der Waals surface area contributed by atoms with Gasteiger partial charge in [0.25, 0.3) is 0 Å². The molecule has 0 amide bonds. The van der Waals surface area contributed by atoms with Crippen molar-refractivity contribution in [2.45, 2.75) is 58.2 Å². The third kappa shape index (κ3) is 11.5. The third-order valence-corrected chi connectivity index (χ3v) is 2.43. The number of aliphatic hydroxyl groups is 1. The van der Waals surface area contributed by atoms with Crippen molar-refractivity contribution in [3.05, 3.63) is 12.8 Å². The van der Waals surface area contributed by atoms with E-state index in [0.29, 0.717) is 13.0 Å². The highest BCUT2D eigenvalue weighted by molar-refractivity contribution is 4.50. The van der Waals surface area contributed by atoms with Crippen LogP contribution in [0.15, 0.2) is 12.8 Å². The van der Waals surface area contributed by atoms with E-state index >= 15 is 0 Å². The van der Waals surface area contributed by atoms with E-state index < -0.39 is 6.29 Å². The molecule has 0 heterocycles. The molecule has 3 heteroatoms. The van der Waals surface area contributed by atoms with Crippen molar-refractivity contribution in [1.29, 1.82) is 0 Å². The highest BCUT2D eigenvalue weighted by atomic mass is 16.6. The largest absolute Gasteiger partial charge is 0.502 e. The van der Waals surface area contributed by atoms with Gasteiger partial charge in [0, 0.05) is 6.61 Å². The Labute approximate surface area is 99.5 Å². The van der Waals surface area contributed by atoms with E-state index in [1.54, 1.807) is 0 Å². The summed E-state index contributed by atoms with van der Waals surface area (Å²) in [6.07, 6.45) is 8.62. The lowest BCUT2D eigenvalue weighted by Gasteiger charge is -2.08. The zero-order valence-corrected chi connectivity index (χ0v) is 10.5. The Kier molecular flexibility index (Phi) is 12.1. The van der Waals surface area contributed by atoms with Gasteiger partial charge in [0.2, 0.25) is 0 Å². The molecular formula is C13H26O3. The fourth-order valence-corrected chi connectivity index (χ4v) is 1.42. The fourth-order valence-electron chi connectivity index (χ4n) is 1.42. The van der Waals surface area contributed by atoms with Gasteiger partial charge >= 0.3 is 0 Å². The number of ether oxygens (including phenoxy) is 2. The summed E-state index contributed by atoms with van der Waals surface area (Å²) in [5, 5.41) is 9.14. The molecule has 0 aromatic carbocycles. The summed E-state index contributed by atoms with van der Waals surface area (Å²) in [5.74, 6) is 0. The SMILES string of the molecule is C=COCCCCCCCCOC(O)CC. The van der Waals surface area contributed by atoms with Gasteiger partial charge in [-0.15, -0.1) is 0 Å². The molecular weight excluding hydrogens is 204 g/mol. The maximum Gasteiger partial charge on any atom is 0.154 e. The van der Waals surface area contributed by atoms with E-state index in [1.165, 1.54) is 31.9 Å². The van der Waals surface area contributed by atoms with Gasteiger partial charge in [-0.05, 0) is 19.3 Å². The maximum atomic E-state index is 9.14. The van der Waals surface area contributed by atoms with Crippen molar-refractivity contribution >= 4 is 0 Å². The zero-order valence-electron chi connectivity index (χ0n) is 10.5. The minimum absolute atomic E-state index is 0.573. The molecule has 16 heavy (non-hydrogen) atoms. The van der Waals surface area contributed by atoms with Crippen LogP contribution < -0.4 is 0 Å². The molecule has 0 aliphatic rings. The number of hydrogen-bond donors (Lipinski definition) is 1. The molecule has 0 aromatic heterocycles. The Morgan fingerprint density at radius 1 is 1.06 bits per heavy atom. The Morgan fingerprint density at radius 3 is 2.19 bits per heavy atom. The van der Waals surface area contributed by atoms with Gasteiger partial charge in [-0.3, -0.25) is 0 Å². The van der Waals surface area contributed by atoms with Crippen molar-refractivity contribution < 1.29 is 14.6 Å². The van der Waals surface area contributed by atoms with Crippen LogP contribution in [-0.4, -0.2) is 24.6 Å². The molecule has 3 nitrogen and oxygen atoms in total. The number of unbranched alkanes of at least 4 members (excludes halogenated alkanes) is 5. The van der Waals surface area contributed by atoms with Crippen LogP contribution in [0.3, 0.4) is 0 Å². The van der Waals surface area contributed by atoms with Gasteiger partial charge in [0.05, 0.1) is 12.9 Å². The highest BCUT2D eigenvalue weighted by Gasteiger charge is 1.98. The predicted molar refractivity (Wildman–Crippen MR) is 66.1 cm³/mol. The Bertz CT molecular complexity index is 148. The molecule has 0 radical (unpaired) electrons. The van der Waals surface area contributed by atoms with E-state index in [4.69, 9.17) is 14.6 Å². The molecule has 0 spiro atoms. The second kappa shape index (κ2) is 12.5. The van der Waals surface area contributed by atoms with Gasteiger partial charge in [-0.25, -0.2) is 0 Å². The number of rotatable bonds is 12. The van der Waals surface area contributed by atoms with Crippen LogP contribution >= 0.6 is 0 Å². The van der Waals surface area contributed by atoms with E-state index in [1.807, 2.05) is 6.92 Å². The molecule has 0 aliphatic heterocycles. The molecule has 0 rings (SSSR count). The lowest BCUT2D eigenvalue weighted by molar-refractivity contribution is -0.101. The average Bonchev–Trinajstić information content (AvgIpc) is 2.31. The summed E-state index contributed by atoms with van der Waals surface area (Å²) in [5.41, 5.74) is 0. The fraction of sp³-hybridized carbons (Fsp3) is 0.846. The van der Waals surface area contributed by atoms with Crippen LogP contribution in [-0.2, 0) is 9.47 Å². The molecule has 0 saturated heterocycles. The average molecular weight is 230 g/mol. The van der Waals surface area contributed by atoms with E-state index in [-0.39, 0.29) is 0 Å². The topological polar surface area (TPSA) is 38.7 Å². The number of hydrogen-bond acceptors (Lipinski definition) is 3. The van der Waals surface area contributed by atoms with Crippen LogP contribution in [0.2, 0.25) is 0 Å². The van der Waals surface area contributed by atoms with Crippen LogP contribution in [0.25, 0.3) is 0 Å². The third-order valence-electron chi connectivity index (χ3n) is 2.43. The van der Waals surface area contributed by atoms with Gasteiger partial charge in [0.15, 0.2) is 6.29 Å². The quantitative estimate of drug-likeness (QED) is 0.318. The first-order chi connectivity index (χ1) is 7.81. The summed E-state index contributed by atoms with van der Waals surface area (Å²) in [6.45, 7) is 6.87. The van der Waals surface area contributed by atoms with E-state index in [0.717, 1.165) is 19.4 Å². The zero-order chi connectivity index (χ0) is 12.1.